The lowest BCUT2D eigenvalue weighted by molar-refractivity contribution is 0.0987. The van der Waals surface area contributed by atoms with Crippen molar-refractivity contribution in [2.75, 3.05) is 25.2 Å². The minimum absolute atomic E-state index is 0.178. The van der Waals surface area contributed by atoms with Crippen molar-refractivity contribution in [1.29, 1.82) is 0 Å². The minimum Gasteiger partial charge on any atom is -0.497 e. The van der Waals surface area contributed by atoms with E-state index >= 15 is 0 Å². The molecule has 38 heavy (non-hydrogen) atoms. The molecule has 8 nitrogen and oxygen atoms in total. The molecule has 4 aromatic rings. The van der Waals surface area contributed by atoms with Gasteiger partial charge in [-0.2, -0.15) is 14.4 Å². The second-order valence-corrected chi connectivity index (χ2v) is 12.0. The molecular weight excluding hydrogens is 520 g/mol. The molecule has 0 aliphatic carbocycles. The van der Waals surface area contributed by atoms with Gasteiger partial charge in [-0.15, -0.1) is 0 Å². The first-order chi connectivity index (χ1) is 18.3. The van der Waals surface area contributed by atoms with Gasteiger partial charge in [-0.05, 0) is 67.8 Å². The number of piperidine rings is 1. The fourth-order valence-electron chi connectivity index (χ4n) is 4.22. The lowest BCUT2D eigenvalue weighted by Crippen LogP contribution is -2.35. The van der Waals surface area contributed by atoms with Crippen molar-refractivity contribution >= 4 is 48.8 Å². The number of aromatic nitrogens is 1. The van der Waals surface area contributed by atoms with Crippen molar-refractivity contribution < 1.29 is 17.9 Å². The molecule has 2 heterocycles. The summed E-state index contributed by atoms with van der Waals surface area (Å²) in [4.78, 5) is 18.5. The molecule has 10 heteroatoms. The Bertz CT molecular complexity index is 1570. The number of benzene rings is 3. The Morgan fingerprint density at radius 3 is 2.42 bits per heavy atom. The molecule has 0 unspecified atom stereocenters. The molecule has 0 saturated carbocycles. The third kappa shape index (κ3) is 5.47. The third-order valence-electron chi connectivity index (χ3n) is 6.41. The zero-order valence-electron chi connectivity index (χ0n) is 21.2. The number of fused-ring (bicyclic) bond motifs is 1. The van der Waals surface area contributed by atoms with E-state index in [4.69, 9.17) is 4.74 Å². The van der Waals surface area contributed by atoms with Gasteiger partial charge in [-0.1, -0.05) is 47.6 Å². The minimum atomic E-state index is -3.59. The summed E-state index contributed by atoms with van der Waals surface area (Å²) in [5.74, 6) is 0.278. The highest BCUT2D eigenvalue weighted by atomic mass is 32.2. The Balaban J connectivity index is 1.48. The van der Waals surface area contributed by atoms with Crippen molar-refractivity contribution in [2.24, 2.45) is 5.10 Å². The SMILES string of the molecule is COc1ccc2nc(N(/N=C/c3ccc(C)cc3)C(=O)c3ccc(S(=O)(=O)N4CCCCC4)cc3)sc2c1. The predicted molar refractivity (Wildman–Crippen MR) is 151 cm³/mol. The van der Waals surface area contributed by atoms with Crippen molar-refractivity contribution in [3.8, 4) is 5.75 Å². The van der Waals surface area contributed by atoms with Gasteiger partial charge in [0.25, 0.3) is 5.91 Å². The first kappa shape index (κ1) is 26.0. The van der Waals surface area contributed by atoms with Crippen molar-refractivity contribution in [3.63, 3.8) is 0 Å². The van der Waals surface area contributed by atoms with E-state index in [1.54, 1.807) is 13.3 Å². The second kappa shape index (κ2) is 11.0. The number of hydrogen-bond acceptors (Lipinski definition) is 7. The van der Waals surface area contributed by atoms with E-state index in [1.165, 1.54) is 44.9 Å². The molecule has 0 spiro atoms. The Kier molecular flexibility index (Phi) is 7.55. The second-order valence-electron chi connectivity index (χ2n) is 9.09. The molecule has 1 amide bonds. The van der Waals surface area contributed by atoms with Gasteiger partial charge < -0.3 is 4.74 Å². The number of carbonyl (C=O) groups excluding carboxylic acids is 1. The monoisotopic (exact) mass is 548 g/mol. The van der Waals surface area contributed by atoms with Crippen LogP contribution in [-0.4, -0.2) is 50.0 Å². The van der Waals surface area contributed by atoms with E-state index in [2.05, 4.69) is 10.1 Å². The third-order valence-corrected chi connectivity index (χ3v) is 9.32. The van der Waals surface area contributed by atoms with Gasteiger partial charge in [0.05, 0.1) is 28.4 Å². The summed E-state index contributed by atoms with van der Waals surface area (Å²) < 4.78 is 33.8. The first-order valence-corrected chi connectivity index (χ1v) is 14.6. The van der Waals surface area contributed by atoms with Gasteiger partial charge in [0.2, 0.25) is 15.2 Å². The molecule has 196 valence electrons. The summed E-state index contributed by atoms with van der Waals surface area (Å²) in [7, 11) is -2.00. The quantitative estimate of drug-likeness (QED) is 0.226. The Morgan fingerprint density at radius 2 is 1.74 bits per heavy atom. The van der Waals surface area contributed by atoms with Crippen LogP contribution in [0.1, 0.15) is 40.7 Å². The maximum Gasteiger partial charge on any atom is 0.280 e. The van der Waals surface area contributed by atoms with E-state index in [9.17, 15) is 13.2 Å². The number of amides is 1. The summed E-state index contributed by atoms with van der Waals surface area (Å²) in [6.45, 7) is 3.04. The lowest BCUT2D eigenvalue weighted by Gasteiger charge is -2.25. The number of sulfonamides is 1. The van der Waals surface area contributed by atoms with Crippen LogP contribution in [0.15, 0.2) is 76.7 Å². The van der Waals surface area contributed by atoms with Crippen LogP contribution < -0.4 is 9.75 Å². The lowest BCUT2D eigenvalue weighted by atomic mass is 10.2. The van der Waals surface area contributed by atoms with E-state index in [0.717, 1.165) is 40.6 Å². The van der Waals surface area contributed by atoms with Crippen LogP contribution in [0.5, 0.6) is 5.75 Å². The summed E-state index contributed by atoms with van der Waals surface area (Å²) >= 11 is 1.32. The number of hydrazone groups is 1. The van der Waals surface area contributed by atoms with Gasteiger partial charge in [0, 0.05) is 18.7 Å². The number of nitrogens with zero attached hydrogens (tertiary/aromatic N) is 4. The number of methoxy groups -OCH3 is 1. The predicted octanol–water partition coefficient (Wildman–Crippen LogP) is 5.47. The van der Waals surface area contributed by atoms with Gasteiger partial charge in [0.15, 0.2) is 0 Å². The molecule has 0 N–H and O–H groups in total. The molecule has 1 saturated heterocycles. The molecule has 0 bridgehead atoms. The molecule has 5 rings (SSSR count). The zero-order valence-corrected chi connectivity index (χ0v) is 22.8. The summed E-state index contributed by atoms with van der Waals surface area (Å²) in [6, 6.07) is 19.3. The van der Waals surface area contributed by atoms with Gasteiger partial charge in [0.1, 0.15) is 5.75 Å². The average molecular weight is 549 g/mol. The molecule has 1 aromatic heterocycles. The highest BCUT2D eigenvalue weighted by Crippen LogP contribution is 2.32. The number of rotatable bonds is 7. The molecule has 3 aromatic carbocycles. The van der Waals surface area contributed by atoms with E-state index < -0.39 is 15.9 Å². The summed E-state index contributed by atoms with van der Waals surface area (Å²) in [6.07, 6.45) is 4.37. The number of hydrogen-bond donors (Lipinski definition) is 0. The van der Waals surface area contributed by atoms with Crippen LogP contribution in [0, 0.1) is 6.92 Å². The maximum atomic E-state index is 13.7. The average Bonchev–Trinajstić information content (AvgIpc) is 3.37. The molecular formula is C28H28N4O4S2. The van der Waals surface area contributed by atoms with Crippen LogP contribution >= 0.6 is 11.3 Å². The highest BCUT2D eigenvalue weighted by molar-refractivity contribution is 7.89. The topological polar surface area (TPSA) is 92.2 Å². The molecule has 0 atom stereocenters. The number of carbonyl (C=O) groups is 1. The fraction of sp³-hybridized carbons (Fsp3) is 0.250. The summed E-state index contributed by atoms with van der Waals surface area (Å²) in [5.41, 5.74) is 2.98. The molecule has 1 fully saturated rings. The number of ether oxygens (including phenoxy) is 1. The van der Waals surface area contributed by atoms with Crippen molar-refractivity contribution in [1.82, 2.24) is 9.29 Å². The van der Waals surface area contributed by atoms with E-state index in [-0.39, 0.29) is 4.90 Å². The Hall–Kier alpha value is -3.60. The van der Waals surface area contributed by atoms with Gasteiger partial charge in [-0.25, -0.2) is 13.4 Å². The molecule has 1 aliphatic heterocycles. The van der Waals surface area contributed by atoms with Gasteiger partial charge in [-0.3, -0.25) is 4.79 Å². The van der Waals surface area contributed by atoms with Crippen LogP contribution in [0.25, 0.3) is 10.2 Å². The number of aryl methyl sites for hydroxylation is 1. The number of anilines is 1. The largest absolute Gasteiger partial charge is 0.497 e. The maximum absolute atomic E-state index is 13.7. The highest BCUT2D eigenvalue weighted by Gasteiger charge is 2.27. The Morgan fingerprint density at radius 1 is 1.03 bits per heavy atom. The van der Waals surface area contributed by atoms with Gasteiger partial charge >= 0.3 is 0 Å². The van der Waals surface area contributed by atoms with Crippen LogP contribution in [0.2, 0.25) is 0 Å². The smallest absolute Gasteiger partial charge is 0.280 e. The van der Waals surface area contributed by atoms with E-state index in [1.807, 2.05) is 49.4 Å². The van der Waals surface area contributed by atoms with Crippen molar-refractivity contribution in [3.05, 3.63) is 83.4 Å². The molecule has 1 aliphatic rings. The first-order valence-electron chi connectivity index (χ1n) is 12.3. The normalized spacial score (nSPS) is 14.7. The Labute approximate surface area is 226 Å². The fourth-order valence-corrected chi connectivity index (χ4v) is 6.69. The van der Waals surface area contributed by atoms with Crippen LogP contribution in [0.4, 0.5) is 5.13 Å². The van der Waals surface area contributed by atoms with Crippen molar-refractivity contribution in [2.45, 2.75) is 31.1 Å². The number of thiazole rings is 1. The van der Waals surface area contributed by atoms with E-state index in [0.29, 0.717) is 29.5 Å². The van der Waals surface area contributed by atoms with Crippen LogP contribution in [0.3, 0.4) is 0 Å². The standard InChI is InChI=1S/C28H28N4O4S2/c1-20-6-8-21(9-7-20)19-29-32(28-30-25-15-12-23(36-2)18-26(25)37-28)27(33)22-10-13-24(14-11-22)38(34,35)31-16-4-3-5-17-31/h6-15,18-19H,3-5,16-17H2,1-2H3/b29-19+. The zero-order chi connectivity index (χ0) is 26.7. The molecule has 0 radical (unpaired) electrons. The van der Waals surface area contributed by atoms with Crippen LogP contribution in [-0.2, 0) is 10.0 Å². The summed E-state index contributed by atoms with van der Waals surface area (Å²) in [5, 5.41) is 6.15.